The third kappa shape index (κ3) is 2.53. The van der Waals surface area contributed by atoms with Crippen molar-refractivity contribution in [1.82, 2.24) is 4.90 Å². The minimum atomic E-state index is 0.369. The summed E-state index contributed by atoms with van der Waals surface area (Å²) in [6.07, 6.45) is 2.52. The first-order valence-corrected chi connectivity index (χ1v) is 9.17. The Bertz CT molecular complexity index is 768. The van der Waals surface area contributed by atoms with Crippen molar-refractivity contribution in [1.29, 1.82) is 0 Å². The fourth-order valence-corrected chi connectivity index (χ4v) is 4.96. The molecule has 0 radical (unpaired) electrons. The molecule has 25 heavy (non-hydrogen) atoms. The molecule has 1 aliphatic carbocycles. The zero-order chi connectivity index (χ0) is 17.6. The minimum Gasteiger partial charge on any atom is -0.493 e. The van der Waals surface area contributed by atoms with Gasteiger partial charge in [0.2, 0.25) is 0 Å². The molecule has 2 aromatic carbocycles. The summed E-state index contributed by atoms with van der Waals surface area (Å²) in [5, 5.41) is 0. The Morgan fingerprint density at radius 2 is 1.76 bits per heavy atom. The molecule has 132 valence electrons. The number of piperidine rings is 1. The molecule has 3 atom stereocenters. The van der Waals surface area contributed by atoms with Crippen LogP contribution in [0.2, 0.25) is 0 Å². The molecule has 3 nitrogen and oxygen atoms in total. The van der Waals surface area contributed by atoms with Crippen molar-refractivity contribution in [2.24, 2.45) is 5.92 Å². The molecule has 3 unspecified atom stereocenters. The van der Waals surface area contributed by atoms with Crippen molar-refractivity contribution in [2.45, 2.75) is 31.7 Å². The first-order chi connectivity index (χ1) is 12.2. The summed E-state index contributed by atoms with van der Waals surface area (Å²) >= 11 is 0. The average Bonchev–Trinajstić information content (AvgIpc) is 2.97. The fourth-order valence-electron chi connectivity index (χ4n) is 4.96. The molecule has 3 heteroatoms. The maximum absolute atomic E-state index is 5.85. The molecule has 1 fully saturated rings. The molecule has 0 bridgehead atoms. The van der Waals surface area contributed by atoms with E-state index < -0.39 is 0 Å². The lowest BCUT2D eigenvalue weighted by Crippen LogP contribution is -2.34. The van der Waals surface area contributed by atoms with Gasteiger partial charge in [0, 0.05) is 17.5 Å². The van der Waals surface area contributed by atoms with Crippen molar-refractivity contribution in [3.05, 3.63) is 58.7 Å². The van der Waals surface area contributed by atoms with Gasteiger partial charge in [-0.2, -0.15) is 0 Å². The second-order valence-corrected chi connectivity index (χ2v) is 7.42. The molecule has 0 spiro atoms. The smallest absolute Gasteiger partial charge is 0.164 e. The largest absolute Gasteiger partial charge is 0.493 e. The van der Waals surface area contributed by atoms with Crippen LogP contribution in [0.5, 0.6) is 11.5 Å². The molecular weight excluding hydrogens is 310 g/mol. The number of aryl methyl sites for hydroxylation is 1. The van der Waals surface area contributed by atoms with E-state index in [1.807, 2.05) is 0 Å². The normalized spacial score (nSPS) is 25.4. The summed E-state index contributed by atoms with van der Waals surface area (Å²) in [7, 11) is 5.74. The number of hydrogen-bond acceptors (Lipinski definition) is 3. The topological polar surface area (TPSA) is 21.7 Å². The van der Waals surface area contributed by atoms with Gasteiger partial charge in [-0.1, -0.05) is 35.9 Å². The molecule has 2 aliphatic rings. The Morgan fingerprint density at radius 3 is 2.44 bits per heavy atom. The van der Waals surface area contributed by atoms with Crippen molar-refractivity contribution in [3.8, 4) is 11.5 Å². The van der Waals surface area contributed by atoms with Gasteiger partial charge in [0.05, 0.1) is 14.2 Å². The van der Waals surface area contributed by atoms with Gasteiger partial charge in [-0.05, 0) is 56.5 Å². The van der Waals surface area contributed by atoms with Crippen LogP contribution in [0.1, 0.15) is 47.1 Å². The van der Waals surface area contributed by atoms with E-state index in [0.717, 1.165) is 18.0 Å². The number of rotatable bonds is 3. The van der Waals surface area contributed by atoms with E-state index in [1.54, 1.807) is 14.2 Å². The number of benzene rings is 2. The number of methoxy groups -OCH3 is 2. The van der Waals surface area contributed by atoms with E-state index >= 15 is 0 Å². The third-order valence-electron chi connectivity index (χ3n) is 6.04. The zero-order valence-corrected chi connectivity index (χ0v) is 15.6. The molecule has 1 saturated heterocycles. The van der Waals surface area contributed by atoms with Crippen LogP contribution in [-0.4, -0.2) is 32.7 Å². The Labute approximate surface area is 150 Å². The zero-order valence-electron chi connectivity index (χ0n) is 15.6. The number of nitrogens with zero attached hydrogens (tertiary/aromatic N) is 1. The van der Waals surface area contributed by atoms with Crippen molar-refractivity contribution < 1.29 is 9.47 Å². The summed E-state index contributed by atoms with van der Waals surface area (Å²) < 4.78 is 11.5. The Balaban J connectivity index is 1.93. The Hall–Kier alpha value is -2.00. The summed E-state index contributed by atoms with van der Waals surface area (Å²) in [5.41, 5.74) is 5.43. The van der Waals surface area contributed by atoms with E-state index in [0.29, 0.717) is 17.9 Å². The maximum atomic E-state index is 5.85. The minimum absolute atomic E-state index is 0.369. The predicted molar refractivity (Wildman–Crippen MR) is 101 cm³/mol. The molecule has 0 N–H and O–H groups in total. The van der Waals surface area contributed by atoms with Crippen molar-refractivity contribution >= 4 is 0 Å². The quantitative estimate of drug-likeness (QED) is 0.821. The number of likely N-dealkylation sites (tertiary alicyclic amines) is 1. The van der Waals surface area contributed by atoms with Crippen molar-refractivity contribution in [3.63, 3.8) is 0 Å². The highest BCUT2D eigenvalue weighted by molar-refractivity contribution is 5.59. The maximum Gasteiger partial charge on any atom is 0.164 e. The molecule has 2 aromatic rings. The van der Waals surface area contributed by atoms with Gasteiger partial charge in [-0.3, -0.25) is 4.90 Å². The highest BCUT2D eigenvalue weighted by Crippen LogP contribution is 2.58. The van der Waals surface area contributed by atoms with Crippen LogP contribution in [0.15, 0.2) is 36.4 Å². The van der Waals surface area contributed by atoms with E-state index in [1.165, 1.54) is 35.1 Å². The van der Waals surface area contributed by atoms with Crippen LogP contribution in [0, 0.1) is 12.8 Å². The Morgan fingerprint density at radius 1 is 1.00 bits per heavy atom. The van der Waals surface area contributed by atoms with E-state index in [4.69, 9.17) is 9.47 Å². The highest BCUT2D eigenvalue weighted by atomic mass is 16.5. The lowest BCUT2D eigenvalue weighted by Gasteiger charge is -2.37. The van der Waals surface area contributed by atoms with Crippen molar-refractivity contribution in [2.75, 3.05) is 27.8 Å². The van der Waals surface area contributed by atoms with E-state index in [-0.39, 0.29) is 0 Å². The third-order valence-corrected chi connectivity index (χ3v) is 6.04. The standard InChI is InChI=1S/C22H27NO2/c1-14-7-9-15(10-8-14)19-16-6-5-13-23(2)21(16)17-11-12-18(24-3)22(25-4)20(17)19/h7-12,16,19,21H,5-6,13H2,1-4H3. The molecule has 0 saturated carbocycles. The van der Waals surface area contributed by atoms with Crippen LogP contribution in [0.25, 0.3) is 0 Å². The summed E-state index contributed by atoms with van der Waals surface area (Å²) in [6.45, 7) is 3.31. The monoisotopic (exact) mass is 337 g/mol. The van der Waals surface area contributed by atoms with Crippen LogP contribution in [0.3, 0.4) is 0 Å². The highest BCUT2D eigenvalue weighted by Gasteiger charge is 2.46. The Kier molecular flexibility index (Phi) is 4.20. The number of ether oxygens (including phenoxy) is 2. The second-order valence-electron chi connectivity index (χ2n) is 7.42. The summed E-state index contributed by atoms with van der Waals surface area (Å²) in [5.74, 6) is 2.71. The van der Waals surface area contributed by atoms with Gasteiger partial charge in [0.15, 0.2) is 11.5 Å². The van der Waals surface area contributed by atoms with Gasteiger partial charge >= 0.3 is 0 Å². The van der Waals surface area contributed by atoms with Crippen LogP contribution in [0.4, 0.5) is 0 Å². The molecule has 0 aromatic heterocycles. The second kappa shape index (κ2) is 6.38. The first kappa shape index (κ1) is 16.5. The van der Waals surface area contributed by atoms with Gasteiger partial charge in [0.1, 0.15) is 0 Å². The van der Waals surface area contributed by atoms with Gasteiger partial charge in [0.25, 0.3) is 0 Å². The molecular formula is C22H27NO2. The summed E-state index contributed by atoms with van der Waals surface area (Å²) in [6, 6.07) is 13.8. The SMILES string of the molecule is COc1ccc2c(c1OC)C(c1ccc(C)cc1)C1CCCN(C)C21. The lowest BCUT2D eigenvalue weighted by atomic mass is 9.79. The van der Waals surface area contributed by atoms with Crippen LogP contribution in [-0.2, 0) is 0 Å². The van der Waals surface area contributed by atoms with Crippen LogP contribution >= 0.6 is 0 Å². The van der Waals surface area contributed by atoms with Gasteiger partial charge in [-0.25, -0.2) is 0 Å². The number of hydrogen-bond donors (Lipinski definition) is 0. The average molecular weight is 337 g/mol. The lowest BCUT2D eigenvalue weighted by molar-refractivity contribution is 0.127. The molecule has 0 amide bonds. The predicted octanol–water partition coefficient (Wildman–Crippen LogP) is 4.54. The fraction of sp³-hybridized carbons (Fsp3) is 0.455. The van der Waals surface area contributed by atoms with Gasteiger partial charge in [-0.15, -0.1) is 0 Å². The molecule has 1 heterocycles. The van der Waals surface area contributed by atoms with Crippen LogP contribution < -0.4 is 9.47 Å². The van der Waals surface area contributed by atoms with E-state index in [2.05, 4.69) is 55.3 Å². The molecule has 4 rings (SSSR count). The first-order valence-electron chi connectivity index (χ1n) is 9.17. The number of fused-ring (bicyclic) bond motifs is 3. The summed E-state index contributed by atoms with van der Waals surface area (Å²) in [4.78, 5) is 2.52. The molecule has 1 aliphatic heterocycles. The van der Waals surface area contributed by atoms with E-state index in [9.17, 15) is 0 Å². The van der Waals surface area contributed by atoms with Gasteiger partial charge < -0.3 is 9.47 Å².